The molecule has 2 aliphatic rings. The van der Waals surface area contributed by atoms with Gasteiger partial charge in [-0.15, -0.1) is 5.10 Å². The van der Waals surface area contributed by atoms with Crippen molar-refractivity contribution in [2.45, 2.75) is 31.0 Å². The van der Waals surface area contributed by atoms with E-state index in [0.717, 1.165) is 42.1 Å². The quantitative estimate of drug-likeness (QED) is 0.567. The van der Waals surface area contributed by atoms with Crippen molar-refractivity contribution in [3.05, 3.63) is 53.6 Å². The Morgan fingerprint density at radius 2 is 1.94 bits per heavy atom. The number of tetrazole rings is 1. The lowest BCUT2D eigenvalue weighted by molar-refractivity contribution is -0.129. The molecular weight excluding hydrogens is 414 g/mol. The van der Waals surface area contributed by atoms with Crippen LogP contribution in [-0.4, -0.2) is 56.5 Å². The molecule has 3 heterocycles. The molecule has 31 heavy (non-hydrogen) atoms. The van der Waals surface area contributed by atoms with Crippen LogP contribution in [0.5, 0.6) is 11.5 Å². The summed E-state index contributed by atoms with van der Waals surface area (Å²) in [6, 6.07) is 14.0. The number of carbonyl (C=O) groups excluding carboxylic acids is 1. The summed E-state index contributed by atoms with van der Waals surface area (Å²) in [6.07, 6.45) is 1.92. The fourth-order valence-electron chi connectivity index (χ4n) is 4.01. The van der Waals surface area contributed by atoms with Crippen molar-refractivity contribution in [3.63, 3.8) is 0 Å². The van der Waals surface area contributed by atoms with E-state index in [1.807, 2.05) is 54.3 Å². The SMILES string of the molecule is Cc1ccc(-n2nnnc2SCC(=O)N2CCCC2c2ccc3c(c2)OCCO3)cc1. The molecule has 160 valence electrons. The van der Waals surface area contributed by atoms with Gasteiger partial charge in [-0.3, -0.25) is 4.79 Å². The molecule has 2 aliphatic heterocycles. The highest BCUT2D eigenvalue weighted by molar-refractivity contribution is 7.99. The first-order valence-electron chi connectivity index (χ1n) is 10.4. The molecule has 0 N–H and O–H groups in total. The van der Waals surface area contributed by atoms with Crippen molar-refractivity contribution in [1.29, 1.82) is 0 Å². The maximum Gasteiger partial charge on any atom is 0.233 e. The highest BCUT2D eigenvalue weighted by atomic mass is 32.2. The smallest absolute Gasteiger partial charge is 0.233 e. The number of aryl methyl sites for hydroxylation is 1. The summed E-state index contributed by atoms with van der Waals surface area (Å²) in [5.74, 6) is 1.90. The van der Waals surface area contributed by atoms with E-state index in [-0.39, 0.29) is 17.7 Å². The number of carbonyl (C=O) groups is 1. The van der Waals surface area contributed by atoms with Crippen molar-refractivity contribution < 1.29 is 14.3 Å². The highest BCUT2D eigenvalue weighted by Crippen LogP contribution is 2.38. The van der Waals surface area contributed by atoms with Gasteiger partial charge in [-0.05, 0) is 60.0 Å². The Kier molecular flexibility index (Phi) is 5.50. The number of ether oxygens (including phenoxy) is 2. The number of amides is 1. The number of nitrogens with zero attached hydrogens (tertiary/aromatic N) is 5. The number of aromatic nitrogens is 4. The monoisotopic (exact) mass is 437 g/mol. The summed E-state index contributed by atoms with van der Waals surface area (Å²) in [5, 5.41) is 12.6. The molecule has 1 amide bonds. The molecule has 1 atom stereocenters. The lowest BCUT2D eigenvalue weighted by Gasteiger charge is -2.26. The van der Waals surface area contributed by atoms with Crippen LogP contribution >= 0.6 is 11.8 Å². The van der Waals surface area contributed by atoms with Gasteiger partial charge in [0.1, 0.15) is 13.2 Å². The van der Waals surface area contributed by atoms with Gasteiger partial charge in [-0.2, -0.15) is 4.68 Å². The zero-order valence-corrected chi connectivity index (χ0v) is 18.0. The maximum atomic E-state index is 13.1. The Hall–Kier alpha value is -3.07. The zero-order valence-electron chi connectivity index (χ0n) is 17.2. The molecular formula is C22H23N5O3S. The number of thioether (sulfide) groups is 1. The first-order chi connectivity index (χ1) is 15.2. The second-order valence-electron chi connectivity index (χ2n) is 7.65. The normalized spacial score (nSPS) is 17.7. The van der Waals surface area contributed by atoms with E-state index in [9.17, 15) is 4.79 Å². The molecule has 8 nitrogen and oxygen atoms in total. The van der Waals surface area contributed by atoms with Gasteiger partial charge in [0.15, 0.2) is 11.5 Å². The van der Waals surface area contributed by atoms with Crippen LogP contribution in [0.4, 0.5) is 0 Å². The molecule has 2 aromatic carbocycles. The largest absolute Gasteiger partial charge is 0.486 e. The number of hydrogen-bond acceptors (Lipinski definition) is 7. The Bertz CT molecular complexity index is 1090. The zero-order chi connectivity index (χ0) is 21.2. The van der Waals surface area contributed by atoms with Crippen LogP contribution in [0, 0.1) is 6.92 Å². The number of benzene rings is 2. The van der Waals surface area contributed by atoms with Crippen LogP contribution in [0.25, 0.3) is 5.69 Å². The molecule has 9 heteroatoms. The maximum absolute atomic E-state index is 13.1. The fourth-order valence-corrected chi connectivity index (χ4v) is 4.78. The van der Waals surface area contributed by atoms with Crippen LogP contribution in [0.2, 0.25) is 0 Å². The molecule has 1 aromatic heterocycles. The lowest BCUT2D eigenvalue weighted by Crippen LogP contribution is -2.32. The average Bonchev–Trinajstić information content (AvgIpc) is 3.47. The van der Waals surface area contributed by atoms with Gasteiger partial charge < -0.3 is 14.4 Å². The van der Waals surface area contributed by atoms with Gasteiger partial charge in [-0.1, -0.05) is 35.5 Å². The minimum absolute atomic E-state index is 0.0528. The molecule has 0 spiro atoms. The summed E-state index contributed by atoms with van der Waals surface area (Å²) in [4.78, 5) is 15.0. The summed E-state index contributed by atoms with van der Waals surface area (Å²) < 4.78 is 13.0. The third kappa shape index (κ3) is 4.10. The second-order valence-corrected chi connectivity index (χ2v) is 8.59. The third-order valence-electron chi connectivity index (χ3n) is 5.57. The number of fused-ring (bicyclic) bond motifs is 1. The Morgan fingerprint density at radius 1 is 1.13 bits per heavy atom. The first kappa shape index (κ1) is 19.9. The highest BCUT2D eigenvalue weighted by Gasteiger charge is 2.31. The van der Waals surface area contributed by atoms with Gasteiger partial charge in [0.2, 0.25) is 11.1 Å². The predicted molar refractivity (Wildman–Crippen MR) is 116 cm³/mol. The molecule has 1 fully saturated rings. The molecule has 0 bridgehead atoms. The molecule has 0 aliphatic carbocycles. The van der Waals surface area contributed by atoms with Crippen molar-refractivity contribution in [3.8, 4) is 17.2 Å². The lowest BCUT2D eigenvalue weighted by atomic mass is 10.0. The minimum atomic E-state index is 0.0528. The summed E-state index contributed by atoms with van der Waals surface area (Å²) in [6.45, 7) is 3.91. The Labute approximate surface area is 184 Å². The first-order valence-corrected chi connectivity index (χ1v) is 11.3. The predicted octanol–water partition coefficient (Wildman–Crippen LogP) is 3.20. The van der Waals surface area contributed by atoms with E-state index in [1.165, 1.54) is 17.3 Å². The van der Waals surface area contributed by atoms with Crippen LogP contribution in [-0.2, 0) is 4.79 Å². The molecule has 1 unspecified atom stereocenters. The van der Waals surface area contributed by atoms with Crippen LogP contribution < -0.4 is 9.47 Å². The van der Waals surface area contributed by atoms with Crippen molar-refractivity contribution in [2.75, 3.05) is 25.5 Å². The summed E-state index contributed by atoms with van der Waals surface area (Å²) >= 11 is 1.36. The topological polar surface area (TPSA) is 82.4 Å². The molecule has 0 radical (unpaired) electrons. The van der Waals surface area contributed by atoms with Gasteiger partial charge in [0.25, 0.3) is 0 Å². The van der Waals surface area contributed by atoms with E-state index in [4.69, 9.17) is 9.47 Å². The summed E-state index contributed by atoms with van der Waals surface area (Å²) in [7, 11) is 0. The fraction of sp³-hybridized carbons (Fsp3) is 0.364. The third-order valence-corrected chi connectivity index (χ3v) is 6.47. The van der Waals surface area contributed by atoms with Crippen molar-refractivity contribution >= 4 is 17.7 Å². The Balaban J connectivity index is 1.28. The van der Waals surface area contributed by atoms with Crippen LogP contribution in [0.15, 0.2) is 47.6 Å². The van der Waals surface area contributed by atoms with E-state index < -0.39 is 0 Å². The van der Waals surface area contributed by atoms with E-state index in [1.54, 1.807) is 4.68 Å². The van der Waals surface area contributed by atoms with E-state index >= 15 is 0 Å². The summed E-state index contributed by atoms with van der Waals surface area (Å²) in [5.41, 5.74) is 3.13. The number of hydrogen-bond donors (Lipinski definition) is 0. The second kappa shape index (κ2) is 8.58. The Morgan fingerprint density at radius 3 is 2.77 bits per heavy atom. The molecule has 5 rings (SSSR count). The minimum Gasteiger partial charge on any atom is -0.486 e. The van der Waals surface area contributed by atoms with E-state index in [2.05, 4.69) is 15.5 Å². The van der Waals surface area contributed by atoms with Crippen LogP contribution in [0.1, 0.15) is 30.0 Å². The molecule has 3 aromatic rings. The number of rotatable bonds is 5. The van der Waals surface area contributed by atoms with Gasteiger partial charge in [0, 0.05) is 6.54 Å². The molecule has 1 saturated heterocycles. The van der Waals surface area contributed by atoms with Crippen molar-refractivity contribution in [2.24, 2.45) is 0 Å². The van der Waals surface area contributed by atoms with Gasteiger partial charge in [0.05, 0.1) is 17.5 Å². The van der Waals surface area contributed by atoms with Gasteiger partial charge in [-0.25, -0.2) is 0 Å². The van der Waals surface area contributed by atoms with E-state index in [0.29, 0.717) is 18.4 Å². The van der Waals surface area contributed by atoms with Crippen LogP contribution in [0.3, 0.4) is 0 Å². The molecule has 0 saturated carbocycles. The average molecular weight is 438 g/mol. The van der Waals surface area contributed by atoms with Crippen molar-refractivity contribution in [1.82, 2.24) is 25.1 Å². The van der Waals surface area contributed by atoms with Gasteiger partial charge >= 0.3 is 0 Å². The number of likely N-dealkylation sites (tertiary alicyclic amines) is 1. The standard InChI is InChI=1S/C22H23N5O3S/c1-15-4-7-17(8-5-15)27-22(23-24-25-27)31-14-21(28)26-10-2-3-18(26)16-6-9-19-20(13-16)30-12-11-29-19/h4-9,13,18H,2-3,10-12,14H2,1H3.